The highest BCUT2D eigenvalue weighted by Gasteiger charge is 2.10. The van der Waals surface area contributed by atoms with Gasteiger partial charge in [0.2, 0.25) is 5.91 Å². The normalized spacial score (nSPS) is 11.9. The molecule has 1 atom stereocenters. The van der Waals surface area contributed by atoms with Crippen LogP contribution >= 0.6 is 11.3 Å². The molecule has 0 bridgehead atoms. The maximum absolute atomic E-state index is 12.2. The Kier molecular flexibility index (Phi) is 5.01. The summed E-state index contributed by atoms with van der Waals surface area (Å²) in [6, 6.07) is 11.8. The van der Waals surface area contributed by atoms with Gasteiger partial charge in [-0.3, -0.25) is 9.78 Å². The molecule has 1 N–H and O–H groups in total. The van der Waals surface area contributed by atoms with Gasteiger partial charge in [0.1, 0.15) is 0 Å². The maximum atomic E-state index is 12.2. The number of hydrogen-bond donors (Lipinski definition) is 1. The first-order valence-electron chi connectivity index (χ1n) is 7.82. The first kappa shape index (κ1) is 16.3. The monoisotopic (exact) mass is 337 g/mol. The molecule has 0 saturated carbocycles. The number of carbonyl (C=O) groups excluding carboxylic acids is 1. The minimum absolute atomic E-state index is 0.0107. The number of carbonyl (C=O) groups is 1. The van der Waals surface area contributed by atoms with Crippen LogP contribution in [0.4, 0.5) is 0 Å². The minimum atomic E-state index is -0.0299. The summed E-state index contributed by atoms with van der Waals surface area (Å²) < 4.78 is 0. The van der Waals surface area contributed by atoms with Gasteiger partial charge in [-0.2, -0.15) is 0 Å². The molecule has 0 fully saturated rings. The Morgan fingerprint density at radius 2 is 1.88 bits per heavy atom. The SMILES string of the molecule is Cc1nc(-c2ccc(CC(=O)NC(C)c3ccncc3)cc2)cs1. The second kappa shape index (κ2) is 7.36. The van der Waals surface area contributed by atoms with Gasteiger partial charge in [0.15, 0.2) is 0 Å². The Hall–Kier alpha value is -2.53. The quantitative estimate of drug-likeness (QED) is 0.767. The average Bonchev–Trinajstić information content (AvgIpc) is 3.02. The van der Waals surface area contributed by atoms with Crippen LogP contribution in [0.15, 0.2) is 54.2 Å². The van der Waals surface area contributed by atoms with Crippen LogP contribution < -0.4 is 5.32 Å². The van der Waals surface area contributed by atoms with Crippen LogP contribution in [-0.4, -0.2) is 15.9 Å². The molecule has 3 rings (SSSR count). The van der Waals surface area contributed by atoms with E-state index >= 15 is 0 Å². The Balaban J connectivity index is 1.60. The van der Waals surface area contributed by atoms with Gasteiger partial charge in [-0.05, 0) is 37.1 Å². The number of pyridine rings is 1. The first-order valence-corrected chi connectivity index (χ1v) is 8.70. The van der Waals surface area contributed by atoms with Crippen LogP contribution in [0.2, 0.25) is 0 Å². The molecule has 122 valence electrons. The van der Waals surface area contributed by atoms with Crippen molar-refractivity contribution in [2.24, 2.45) is 0 Å². The van der Waals surface area contributed by atoms with Gasteiger partial charge in [-0.15, -0.1) is 11.3 Å². The van der Waals surface area contributed by atoms with E-state index in [0.717, 1.165) is 27.4 Å². The van der Waals surface area contributed by atoms with Crippen molar-refractivity contribution in [3.8, 4) is 11.3 Å². The second-order valence-corrected chi connectivity index (χ2v) is 6.76. The van der Waals surface area contributed by atoms with Crippen molar-refractivity contribution in [2.75, 3.05) is 0 Å². The van der Waals surface area contributed by atoms with Crippen LogP contribution in [-0.2, 0) is 11.2 Å². The highest BCUT2D eigenvalue weighted by Crippen LogP contribution is 2.22. The summed E-state index contributed by atoms with van der Waals surface area (Å²) in [6.07, 6.45) is 3.83. The molecule has 24 heavy (non-hydrogen) atoms. The maximum Gasteiger partial charge on any atom is 0.224 e. The Bertz CT molecular complexity index is 812. The molecule has 1 aromatic carbocycles. The van der Waals surface area contributed by atoms with Crippen molar-refractivity contribution in [2.45, 2.75) is 26.3 Å². The van der Waals surface area contributed by atoms with E-state index in [4.69, 9.17) is 0 Å². The van der Waals surface area contributed by atoms with Crippen molar-refractivity contribution in [3.63, 3.8) is 0 Å². The van der Waals surface area contributed by atoms with E-state index in [1.807, 2.05) is 55.6 Å². The molecule has 5 heteroatoms. The van der Waals surface area contributed by atoms with E-state index in [0.29, 0.717) is 6.42 Å². The lowest BCUT2D eigenvalue weighted by Gasteiger charge is -2.14. The second-order valence-electron chi connectivity index (χ2n) is 5.70. The molecule has 0 aliphatic carbocycles. The number of amides is 1. The number of rotatable bonds is 5. The predicted molar refractivity (Wildman–Crippen MR) is 96.8 cm³/mol. The number of benzene rings is 1. The number of aromatic nitrogens is 2. The Morgan fingerprint density at radius 1 is 1.17 bits per heavy atom. The molecule has 0 saturated heterocycles. The summed E-state index contributed by atoms with van der Waals surface area (Å²) in [4.78, 5) is 20.7. The lowest BCUT2D eigenvalue weighted by molar-refractivity contribution is -0.121. The third kappa shape index (κ3) is 4.06. The summed E-state index contributed by atoms with van der Waals surface area (Å²) in [5.74, 6) is 0.0107. The number of hydrogen-bond acceptors (Lipinski definition) is 4. The van der Waals surface area contributed by atoms with Crippen LogP contribution in [0.25, 0.3) is 11.3 Å². The largest absolute Gasteiger partial charge is 0.349 e. The van der Waals surface area contributed by atoms with E-state index in [1.54, 1.807) is 23.7 Å². The zero-order valence-electron chi connectivity index (χ0n) is 13.7. The van der Waals surface area contributed by atoms with Crippen molar-refractivity contribution in [3.05, 3.63) is 70.3 Å². The molecule has 0 spiro atoms. The Morgan fingerprint density at radius 3 is 2.50 bits per heavy atom. The van der Waals surface area contributed by atoms with Crippen LogP contribution in [0, 0.1) is 6.92 Å². The van der Waals surface area contributed by atoms with Crippen LogP contribution in [0.1, 0.15) is 29.1 Å². The standard InChI is InChI=1S/C19H19N3OS/c1-13(16-7-9-20-10-8-16)21-19(23)11-15-3-5-17(6-4-15)18-12-24-14(2)22-18/h3-10,12-13H,11H2,1-2H3,(H,21,23). The molecule has 0 aliphatic heterocycles. The zero-order chi connectivity index (χ0) is 16.9. The highest BCUT2D eigenvalue weighted by molar-refractivity contribution is 7.09. The molecule has 1 unspecified atom stereocenters. The van der Waals surface area contributed by atoms with Gasteiger partial charge in [0.05, 0.1) is 23.2 Å². The molecule has 3 aromatic rings. The van der Waals surface area contributed by atoms with E-state index in [2.05, 4.69) is 15.3 Å². The van der Waals surface area contributed by atoms with Crippen molar-refractivity contribution in [1.82, 2.24) is 15.3 Å². The molecule has 2 aromatic heterocycles. The van der Waals surface area contributed by atoms with Crippen molar-refractivity contribution < 1.29 is 4.79 Å². The van der Waals surface area contributed by atoms with Gasteiger partial charge >= 0.3 is 0 Å². The molecule has 0 aliphatic rings. The molecule has 0 radical (unpaired) electrons. The molecule has 4 nitrogen and oxygen atoms in total. The third-order valence-corrected chi connectivity index (χ3v) is 4.59. The van der Waals surface area contributed by atoms with Gasteiger partial charge in [0, 0.05) is 23.3 Å². The van der Waals surface area contributed by atoms with Gasteiger partial charge < -0.3 is 5.32 Å². The fourth-order valence-corrected chi connectivity index (χ4v) is 3.12. The zero-order valence-corrected chi connectivity index (χ0v) is 14.5. The van der Waals surface area contributed by atoms with Crippen molar-refractivity contribution in [1.29, 1.82) is 0 Å². The highest BCUT2D eigenvalue weighted by atomic mass is 32.1. The fourth-order valence-electron chi connectivity index (χ4n) is 2.50. The summed E-state index contributed by atoms with van der Waals surface area (Å²) in [6.45, 7) is 3.97. The lowest BCUT2D eigenvalue weighted by atomic mass is 10.1. The number of nitrogens with zero attached hydrogens (tertiary/aromatic N) is 2. The van der Waals surface area contributed by atoms with Crippen LogP contribution in [0.5, 0.6) is 0 Å². The molecular weight excluding hydrogens is 318 g/mol. The topological polar surface area (TPSA) is 54.9 Å². The van der Waals surface area contributed by atoms with E-state index in [-0.39, 0.29) is 11.9 Å². The van der Waals surface area contributed by atoms with Gasteiger partial charge in [0.25, 0.3) is 0 Å². The number of nitrogens with one attached hydrogen (secondary N) is 1. The summed E-state index contributed by atoms with van der Waals surface area (Å²) in [5.41, 5.74) is 4.10. The van der Waals surface area contributed by atoms with Gasteiger partial charge in [-0.25, -0.2) is 4.98 Å². The number of thiazole rings is 1. The fraction of sp³-hybridized carbons (Fsp3) is 0.211. The predicted octanol–water partition coefficient (Wildman–Crippen LogP) is 3.93. The summed E-state index contributed by atoms with van der Waals surface area (Å²) in [7, 11) is 0. The third-order valence-electron chi connectivity index (χ3n) is 3.82. The summed E-state index contributed by atoms with van der Waals surface area (Å²) >= 11 is 1.64. The molecule has 2 heterocycles. The van der Waals surface area contributed by atoms with E-state index in [9.17, 15) is 4.79 Å². The summed E-state index contributed by atoms with van der Waals surface area (Å²) in [5, 5.41) is 6.12. The minimum Gasteiger partial charge on any atom is -0.349 e. The van der Waals surface area contributed by atoms with Crippen molar-refractivity contribution >= 4 is 17.2 Å². The molecular formula is C19H19N3OS. The van der Waals surface area contributed by atoms with E-state index in [1.165, 1.54) is 0 Å². The number of aryl methyl sites for hydroxylation is 1. The lowest BCUT2D eigenvalue weighted by Crippen LogP contribution is -2.28. The first-order chi connectivity index (χ1) is 11.6. The van der Waals surface area contributed by atoms with Crippen LogP contribution in [0.3, 0.4) is 0 Å². The smallest absolute Gasteiger partial charge is 0.224 e. The Labute approximate surface area is 145 Å². The molecule has 1 amide bonds. The van der Waals surface area contributed by atoms with Gasteiger partial charge in [-0.1, -0.05) is 24.3 Å². The van der Waals surface area contributed by atoms with E-state index < -0.39 is 0 Å². The average molecular weight is 337 g/mol.